The molecule has 0 N–H and O–H groups in total. The SMILES string of the molecule is O=S(=O)(Oc1cc(F)ccc1Cl)C(F)(F)F. The van der Waals surface area contributed by atoms with Gasteiger partial charge in [-0.25, -0.2) is 4.39 Å². The zero-order valence-electron chi connectivity index (χ0n) is 7.25. The van der Waals surface area contributed by atoms with Gasteiger partial charge in [0.2, 0.25) is 0 Å². The Hall–Kier alpha value is -1.02. The molecule has 16 heavy (non-hydrogen) atoms. The molecule has 0 aliphatic rings. The standard InChI is InChI=1S/C7H3ClF4O3S/c8-5-2-1-4(9)3-6(5)15-16(13,14)7(10,11)12/h1-3H. The summed E-state index contributed by atoms with van der Waals surface area (Å²) < 4.78 is 73.1. The Morgan fingerprint density at radius 1 is 1.25 bits per heavy atom. The second-order valence-electron chi connectivity index (χ2n) is 2.56. The Bertz CT molecular complexity index is 497. The lowest BCUT2D eigenvalue weighted by Crippen LogP contribution is -2.28. The van der Waals surface area contributed by atoms with Crippen molar-refractivity contribution in [3.8, 4) is 5.75 Å². The third-order valence-corrected chi connectivity index (χ3v) is 2.65. The summed E-state index contributed by atoms with van der Waals surface area (Å²) in [6, 6.07) is 2.15. The molecule has 0 fully saturated rings. The van der Waals surface area contributed by atoms with Crippen LogP contribution < -0.4 is 4.18 Å². The maximum absolute atomic E-state index is 12.6. The Balaban J connectivity index is 3.11. The predicted molar refractivity (Wildman–Crippen MR) is 47.0 cm³/mol. The van der Waals surface area contributed by atoms with Crippen molar-refractivity contribution in [3.05, 3.63) is 29.0 Å². The highest BCUT2D eigenvalue weighted by Crippen LogP contribution is 2.31. The molecule has 0 saturated carbocycles. The van der Waals surface area contributed by atoms with Crippen LogP contribution in [0.4, 0.5) is 17.6 Å². The van der Waals surface area contributed by atoms with Crippen LogP contribution in [0.1, 0.15) is 0 Å². The van der Waals surface area contributed by atoms with Crippen molar-refractivity contribution in [1.29, 1.82) is 0 Å². The number of hydrogen-bond donors (Lipinski definition) is 0. The van der Waals surface area contributed by atoms with Gasteiger partial charge in [0.1, 0.15) is 5.82 Å². The molecule has 1 rings (SSSR count). The van der Waals surface area contributed by atoms with Crippen molar-refractivity contribution in [2.45, 2.75) is 5.51 Å². The molecule has 1 aromatic carbocycles. The van der Waals surface area contributed by atoms with Crippen LogP contribution >= 0.6 is 11.6 Å². The molecule has 0 atom stereocenters. The first-order valence-corrected chi connectivity index (χ1v) is 5.38. The van der Waals surface area contributed by atoms with Gasteiger partial charge in [-0.2, -0.15) is 21.6 Å². The highest BCUT2D eigenvalue weighted by Gasteiger charge is 2.48. The monoisotopic (exact) mass is 278 g/mol. The van der Waals surface area contributed by atoms with Crippen LogP contribution in [0.15, 0.2) is 18.2 Å². The summed E-state index contributed by atoms with van der Waals surface area (Å²) in [6.45, 7) is 0. The zero-order chi connectivity index (χ0) is 12.6. The normalized spacial score (nSPS) is 12.6. The molecule has 0 spiro atoms. The minimum Gasteiger partial charge on any atom is -0.374 e. The molecular weight excluding hydrogens is 276 g/mol. The molecule has 0 saturated heterocycles. The van der Waals surface area contributed by atoms with Gasteiger partial charge < -0.3 is 4.18 Å². The van der Waals surface area contributed by atoms with Crippen LogP contribution in [0.2, 0.25) is 5.02 Å². The van der Waals surface area contributed by atoms with Crippen molar-refractivity contribution >= 4 is 21.7 Å². The maximum Gasteiger partial charge on any atom is 0.534 e. The summed E-state index contributed by atoms with van der Waals surface area (Å²) in [5.41, 5.74) is -5.59. The Morgan fingerprint density at radius 2 is 1.81 bits per heavy atom. The van der Waals surface area contributed by atoms with Crippen molar-refractivity contribution < 1.29 is 30.2 Å². The van der Waals surface area contributed by atoms with Gasteiger partial charge in [0.25, 0.3) is 0 Å². The lowest BCUT2D eigenvalue weighted by atomic mass is 10.3. The van der Waals surface area contributed by atoms with Gasteiger partial charge in [0.15, 0.2) is 5.75 Å². The molecule has 0 unspecified atom stereocenters. The summed E-state index contributed by atoms with van der Waals surface area (Å²) in [6.07, 6.45) is 0. The van der Waals surface area contributed by atoms with Crippen LogP contribution in [0.3, 0.4) is 0 Å². The fourth-order valence-corrected chi connectivity index (χ4v) is 1.38. The van der Waals surface area contributed by atoms with E-state index in [1.807, 2.05) is 0 Å². The molecule has 1 aromatic rings. The highest BCUT2D eigenvalue weighted by molar-refractivity contribution is 7.88. The molecule has 90 valence electrons. The van der Waals surface area contributed by atoms with Crippen LogP contribution in [-0.4, -0.2) is 13.9 Å². The maximum atomic E-state index is 12.6. The van der Waals surface area contributed by atoms with Gasteiger partial charge in [-0.1, -0.05) is 11.6 Å². The van der Waals surface area contributed by atoms with Crippen molar-refractivity contribution in [2.24, 2.45) is 0 Å². The van der Waals surface area contributed by atoms with Gasteiger partial charge in [0.05, 0.1) is 5.02 Å². The number of rotatable bonds is 2. The molecule has 0 radical (unpaired) electrons. The summed E-state index contributed by atoms with van der Waals surface area (Å²) >= 11 is 5.33. The molecule has 0 bridgehead atoms. The van der Waals surface area contributed by atoms with Crippen molar-refractivity contribution in [2.75, 3.05) is 0 Å². The van der Waals surface area contributed by atoms with Gasteiger partial charge >= 0.3 is 15.6 Å². The van der Waals surface area contributed by atoms with E-state index in [0.717, 1.165) is 12.1 Å². The number of hydrogen-bond acceptors (Lipinski definition) is 3. The Labute approximate surface area is 92.7 Å². The summed E-state index contributed by atoms with van der Waals surface area (Å²) in [5.74, 6) is -1.89. The Morgan fingerprint density at radius 3 is 2.31 bits per heavy atom. The van der Waals surface area contributed by atoms with E-state index in [4.69, 9.17) is 11.6 Å². The summed E-state index contributed by atoms with van der Waals surface area (Å²) in [5, 5.41) is -0.450. The smallest absolute Gasteiger partial charge is 0.374 e. The van der Waals surface area contributed by atoms with E-state index in [-0.39, 0.29) is 0 Å². The highest BCUT2D eigenvalue weighted by atomic mass is 35.5. The lowest BCUT2D eigenvalue weighted by Gasteiger charge is -2.10. The first-order chi connectivity index (χ1) is 7.13. The van der Waals surface area contributed by atoms with E-state index in [1.165, 1.54) is 0 Å². The summed E-state index contributed by atoms with van der Waals surface area (Å²) in [4.78, 5) is 0. The zero-order valence-corrected chi connectivity index (χ0v) is 8.83. The van der Waals surface area contributed by atoms with Crippen LogP contribution in [0.25, 0.3) is 0 Å². The van der Waals surface area contributed by atoms with E-state index in [2.05, 4.69) is 4.18 Å². The van der Waals surface area contributed by atoms with Crippen LogP contribution in [0, 0.1) is 5.82 Å². The lowest BCUT2D eigenvalue weighted by molar-refractivity contribution is -0.0500. The number of halogens is 5. The van der Waals surface area contributed by atoms with Gasteiger partial charge in [-0.15, -0.1) is 0 Å². The third kappa shape index (κ3) is 2.76. The third-order valence-electron chi connectivity index (χ3n) is 1.38. The van der Waals surface area contributed by atoms with E-state index in [9.17, 15) is 26.0 Å². The number of alkyl halides is 3. The number of benzene rings is 1. The second kappa shape index (κ2) is 4.10. The van der Waals surface area contributed by atoms with E-state index in [0.29, 0.717) is 6.07 Å². The predicted octanol–water partition coefficient (Wildman–Crippen LogP) is 2.71. The van der Waals surface area contributed by atoms with Crippen LogP contribution in [-0.2, 0) is 10.1 Å². The largest absolute Gasteiger partial charge is 0.534 e. The fourth-order valence-electron chi connectivity index (χ4n) is 0.706. The first kappa shape index (κ1) is 13.0. The quantitative estimate of drug-likeness (QED) is 0.475. The first-order valence-electron chi connectivity index (χ1n) is 3.59. The molecule has 0 aliphatic heterocycles. The Kier molecular flexibility index (Phi) is 3.34. The topological polar surface area (TPSA) is 43.4 Å². The van der Waals surface area contributed by atoms with Gasteiger partial charge in [-0.3, -0.25) is 0 Å². The van der Waals surface area contributed by atoms with Crippen LogP contribution in [0.5, 0.6) is 5.75 Å². The molecule has 0 aromatic heterocycles. The van der Waals surface area contributed by atoms with Crippen molar-refractivity contribution in [1.82, 2.24) is 0 Å². The molecular formula is C7H3ClF4O3S. The molecule has 0 amide bonds. The van der Waals surface area contributed by atoms with E-state index in [1.54, 1.807) is 0 Å². The molecule has 3 nitrogen and oxygen atoms in total. The molecule has 9 heteroatoms. The fraction of sp³-hybridized carbons (Fsp3) is 0.143. The second-order valence-corrected chi connectivity index (χ2v) is 4.50. The van der Waals surface area contributed by atoms with Gasteiger partial charge in [0, 0.05) is 6.07 Å². The molecule has 0 aliphatic carbocycles. The summed E-state index contributed by atoms with van der Waals surface area (Å²) in [7, 11) is -5.84. The average Bonchev–Trinajstić information content (AvgIpc) is 2.09. The minimum atomic E-state index is -5.84. The van der Waals surface area contributed by atoms with Crippen molar-refractivity contribution in [3.63, 3.8) is 0 Å². The molecule has 0 heterocycles. The van der Waals surface area contributed by atoms with Gasteiger partial charge in [-0.05, 0) is 12.1 Å². The minimum absolute atomic E-state index is 0.436. The van der Waals surface area contributed by atoms with E-state index >= 15 is 0 Å². The average molecular weight is 279 g/mol. The van der Waals surface area contributed by atoms with E-state index < -0.39 is 32.2 Å².